The SMILES string of the molecule is CNCc1ccc([N+](=O)[O-])c(OCOC)c1. The molecular weight excluding hydrogens is 212 g/mol. The van der Waals surface area contributed by atoms with Gasteiger partial charge < -0.3 is 14.8 Å². The van der Waals surface area contributed by atoms with E-state index >= 15 is 0 Å². The van der Waals surface area contributed by atoms with Crippen molar-refractivity contribution in [2.24, 2.45) is 0 Å². The number of nitro benzene ring substituents is 1. The zero-order chi connectivity index (χ0) is 12.0. The number of rotatable bonds is 6. The maximum Gasteiger partial charge on any atom is 0.311 e. The smallest absolute Gasteiger partial charge is 0.311 e. The Labute approximate surface area is 93.3 Å². The Morgan fingerprint density at radius 1 is 1.50 bits per heavy atom. The molecule has 0 fully saturated rings. The molecule has 16 heavy (non-hydrogen) atoms. The summed E-state index contributed by atoms with van der Waals surface area (Å²) in [6.45, 7) is 0.616. The van der Waals surface area contributed by atoms with E-state index in [1.165, 1.54) is 13.2 Å². The van der Waals surface area contributed by atoms with Crippen molar-refractivity contribution in [3.8, 4) is 5.75 Å². The largest absolute Gasteiger partial charge is 0.460 e. The van der Waals surface area contributed by atoms with Crippen LogP contribution in [0.25, 0.3) is 0 Å². The first kappa shape index (κ1) is 12.4. The number of ether oxygens (including phenoxy) is 2. The minimum atomic E-state index is -0.478. The van der Waals surface area contributed by atoms with Crippen LogP contribution >= 0.6 is 0 Å². The molecule has 88 valence electrons. The van der Waals surface area contributed by atoms with Crippen LogP contribution in [0.15, 0.2) is 18.2 Å². The minimum Gasteiger partial charge on any atom is -0.460 e. The summed E-state index contributed by atoms with van der Waals surface area (Å²) in [6.07, 6.45) is 0. The minimum absolute atomic E-state index is 0.0101. The third-order valence-corrected chi connectivity index (χ3v) is 1.93. The summed E-state index contributed by atoms with van der Waals surface area (Å²) in [5, 5.41) is 13.7. The molecule has 0 aliphatic rings. The molecule has 0 saturated carbocycles. The first-order valence-corrected chi connectivity index (χ1v) is 4.72. The van der Waals surface area contributed by atoms with Crippen molar-refractivity contribution >= 4 is 5.69 Å². The third kappa shape index (κ3) is 3.18. The van der Waals surface area contributed by atoms with Crippen LogP contribution < -0.4 is 10.1 Å². The van der Waals surface area contributed by atoms with Crippen molar-refractivity contribution in [1.82, 2.24) is 5.32 Å². The van der Waals surface area contributed by atoms with Crippen LogP contribution in [-0.4, -0.2) is 25.9 Å². The summed E-state index contributed by atoms with van der Waals surface area (Å²) in [5.74, 6) is 0.222. The predicted octanol–water partition coefficient (Wildman–Crippen LogP) is 1.30. The van der Waals surface area contributed by atoms with E-state index in [4.69, 9.17) is 9.47 Å². The summed E-state index contributed by atoms with van der Waals surface area (Å²) in [5.41, 5.74) is 0.858. The maximum absolute atomic E-state index is 10.7. The highest BCUT2D eigenvalue weighted by molar-refractivity contribution is 5.48. The third-order valence-electron chi connectivity index (χ3n) is 1.93. The number of benzene rings is 1. The topological polar surface area (TPSA) is 73.6 Å². The average molecular weight is 226 g/mol. The number of nitrogens with zero attached hydrogens (tertiary/aromatic N) is 1. The Balaban J connectivity index is 2.95. The summed E-state index contributed by atoms with van der Waals surface area (Å²) in [6, 6.07) is 4.75. The zero-order valence-electron chi connectivity index (χ0n) is 9.23. The highest BCUT2D eigenvalue weighted by Gasteiger charge is 2.15. The van der Waals surface area contributed by atoms with Crippen molar-refractivity contribution in [1.29, 1.82) is 0 Å². The fourth-order valence-corrected chi connectivity index (χ4v) is 1.26. The first-order chi connectivity index (χ1) is 7.69. The van der Waals surface area contributed by atoms with E-state index in [-0.39, 0.29) is 18.2 Å². The van der Waals surface area contributed by atoms with Crippen LogP contribution in [0.1, 0.15) is 5.56 Å². The van der Waals surface area contributed by atoms with Gasteiger partial charge in [0.05, 0.1) is 4.92 Å². The second kappa shape index (κ2) is 6.04. The van der Waals surface area contributed by atoms with Gasteiger partial charge in [0.15, 0.2) is 12.5 Å². The van der Waals surface area contributed by atoms with E-state index in [1.807, 2.05) is 0 Å². The van der Waals surface area contributed by atoms with Gasteiger partial charge in [-0.05, 0) is 18.7 Å². The fraction of sp³-hybridized carbons (Fsp3) is 0.400. The zero-order valence-corrected chi connectivity index (χ0v) is 9.23. The fourth-order valence-electron chi connectivity index (χ4n) is 1.26. The average Bonchev–Trinajstić information content (AvgIpc) is 2.26. The van der Waals surface area contributed by atoms with Gasteiger partial charge in [-0.3, -0.25) is 10.1 Å². The van der Waals surface area contributed by atoms with Gasteiger partial charge in [0, 0.05) is 19.7 Å². The second-order valence-electron chi connectivity index (χ2n) is 3.14. The van der Waals surface area contributed by atoms with Gasteiger partial charge in [-0.25, -0.2) is 0 Å². The van der Waals surface area contributed by atoms with Crippen LogP contribution in [0, 0.1) is 10.1 Å². The lowest BCUT2D eigenvalue weighted by Gasteiger charge is -2.07. The van der Waals surface area contributed by atoms with Crippen LogP contribution in [0.3, 0.4) is 0 Å². The molecule has 0 aromatic heterocycles. The van der Waals surface area contributed by atoms with Crippen LogP contribution in [0.5, 0.6) is 5.75 Å². The molecule has 0 amide bonds. The highest BCUT2D eigenvalue weighted by Crippen LogP contribution is 2.27. The molecule has 0 radical (unpaired) electrons. The molecule has 1 aromatic rings. The highest BCUT2D eigenvalue weighted by atomic mass is 16.7. The number of hydrogen-bond acceptors (Lipinski definition) is 5. The number of hydrogen-bond donors (Lipinski definition) is 1. The van der Waals surface area contributed by atoms with E-state index in [0.717, 1.165) is 5.56 Å². The lowest BCUT2D eigenvalue weighted by Crippen LogP contribution is -2.07. The number of nitro groups is 1. The second-order valence-corrected chi connectivity index (χ2v) is 3.14. The van der Waals surface area contributed by atoms with Gasteiger partial charge in [-0.15, -0.1) is 0 Å². The van der Waals surface area contributed by atoms with Crippen molar-refractivity contribution in [2.75, 3.05) is 21.0 Å². The van der Waals surface area contributed by atoms with Gasteiger partial charge >= 0.3 is 5.69 Å². The predicted molar refractivity (Wildman–Crippen MR) is 58.4 cm³/mol. The Hall–Kier alpha value is -1.66. The van der Waals surface area contributed by atoms with E-state index in [1.54, 1.807) is 19.2 Å². The molecule has 1 N–H and O–H groups in total. The summed E-state index contributed by atoms with van der Waals surface area (Å²) in [4.78, 5) is 10.2. The Kier molecular flexibility index (Phi) is 4.68. The molecule has 0 bridgehead atoms. The van der Waals surface area contributed by atoms with E-state index in [2.05, 4.69) is 5.32 Å². The molecule has 1 aromatic carbocycles. The summed E-state index contributed by atoms with van der Waals surface area (Å²) in [7, 11) is 3.26. The Bertz CT molecular complexity index is 368. The van der Waals surface area contributed by atoms with Gasteiger partial charge in [0.2, 0.25) is 0 Å². The molecule has 1 rings (SSSR count). The maximum atomic E-state index is 10.7. The van der Waals surface area contributed by atoms with E-state index in [9.17, 15) is 10.1 Å². The molecule has 0 saturated heterocycles. The molecule has 0 aliphatic heterocycles. The monoisotopic (exact) mass is 226 g/mol. The summed E-state index contributed by atoms with van der Waals surface area (Å²) >= 11 is 0. The lowest BCUT2D eigenvalue weighted by molar-refractivity contribution is -0.386. The van der Waals surface area contributed by atoms with Crippen LogP contribution in [0.2, 0.25) is 0 Å². The normalized spacial score (nSPS) is 10.1. The quantitative estimate of drug-likeness (QED) is 0.449. The van der Waals surface area contributed by atoms with Crippen molar-refractivity contribution < 1.29 is 14.4 Å². The van der Waals surface area contributed by atoms with E-state index < -0.39 is 4.92 Å². The van der Waals surface area contributed by atoms with Crippen LogP contribution in [0.4, 0.5) is 5.69 Å². The molecule has 0 spiro atoms. The van der Waals surface area contributed by atoms with Gasteiger partial charge in [-0.2, -0.15) is 0 Å². The molecule has 0 unspecified atom stereocenters. The van der Waals surface area contributed by atoms with E-state index in [0.29, 0.717) is 6.54 Å². The molecule has 0 atom stereocenters. The number of methoxy groups -OCH3 is 1. The molecular formula is C10H14N2O4. The van der Waals surface area contributed by atoms with Gasteiger partial charge in [0.25, 0.3) is 0 Å². The van der Waals surface area contributed by atoms with Gasteiger partial charge in [-0.1, -0.05) is 6.07 Å². The Morgan fingerprint density at radius 3 is 2.81 bits per heavy atom. The lowest BCUT2D eigenvalue weighted by atomic mass is 10.2. The summed E-state index contributed by atoms with van der Waals surface area (Å²) < 4.78 is 9.86. The standard InChI is InChI=1S/C10H14N2O4/c1-11-6-8-3-4-9(12(13)14)10(5-8)16-7-15-2/h3-5,11H,6-7H2,1-2H3. The number of nitrogens with one attached hydrogen (secondary N) is 1. The molecule has 6 nitrogen and oxygen atoms in total. The first-order valence-electron chi connectivity index (χ1n) is 4.72. The van der Waals surface area contributed by atoms with Crippen molar-refractivity contribution in [3.63, 3.8) is 0 Å². The van der Waals surface area contributed by atoms with Crippen LogP contribution in [-0.2, 0) is 11.3 Å². The molecule has 0 aliphatic carbocycles. The molecule has 6 heteroatoms. The van der Waals surface area contributed by atoms with Crippen molar-refractivity contribution in [3.05, 3.63) is 33.9 Å². The van der Waals surface area contributed by atoms with Gasteiger partial charge in [0.1, 0.15) is 0 Å². The Morgan fingerprint density at radius 2 is 2.25 bits per heavy atom. The van der Waals surface area contributed by atoms with Crippen molar-refractivity contribution in [2.45, 2.75) is 6.54 Å². The molecule has 0 heterocycles.